The Labute approximate surface area is 371 Å². The van der Waals surface area contributed by atoms with Gasteiger partial charge in [-0.05, 0) is 78.1 Å². The van der Waals surface area contributed by atoms with Crippen LogP contribution in [0.15, 0.2) is 0 Å². The second-order valence-electron chi connectivity index (χ2n) is 19.5. The molecule has 0 aromatic carbocycles. The molecule has 0 heterocycles. The maximum Gasteiger partial charge on any atom is 0.407 e. The van der Waals surface area contributed by atoms with Gasteiger partial charge in [0.15, 0.2) is 0 Å². The number of hydrogen-bond donors (Lipinski definition) is 7. The van der Waals surface area contributed by atoms with Gasteiger partial charge in [-0.25, -0.2) is 4.79 Å². The van der Waals surface area contributed by atoms with Crippen molar-refractivity contribution in [1.29, 1.82) is 0 Å². The van der Waals surface area contributed by atoms with Crippen LogP contribution in [-0.2, 0) is 43.0 Å². The van der Waals surface area contributed by atoms with Gasteiger partial charge in [-0.3, -0.25) is 33.6 Å². The molecule has 358 valence electrons. The van der Waals surface area contributed by atoms with Crippen LogP contribution in [0.1, 0.15) is 155 Å². The van der Waals surface area contributed by atoms with Crippen molar-refractivity contribution in [3.05, 3.63) is 0 Å². The fourth-order valence-corrected chi connectivity index (χ4v) is 6.68. The first-order valence-corrected chi connectivity index (χ1v) is 22.3. The molecule has 7 N–H and O–H groups in total. The molecule has 0 aromatic heterocycles. The van der Waals surface area contributed by atoms with Crippen molar-refractivity contribution in [3.8, 4) is 0 Å². The van der Waals surface area contributed by atoms with E-state index in [0.29, 0.717) is 12.8 Å². The molecule has 0 spiro atoms. The number of rotatable bonds is 27. The van der Waals surface area contributed by atoms with Crippen LogP contribution in [0.25, 0.3) is 0 Å². The van der Waals surface area contributed by atoms with E-state index in [2.05, 4.69) is 37.2 Å². The lowest BCUT2D eigenvalue weighted by Crippen LogP contribution is -2.50. The second kappa shape index (κ2) is 28.3. The summed E-state index contributed by atoms with van der Waals surface area (Å²) >= 11 is 0. The van der Waals surface area contributed by atoms with Crippen LogP contribution in [0.4, 0.5) is 4.79 Å². The van der Waals surface area contributed by atoms with Gasteiger partial charge in [0.05, 0.1) is 19.4 Å². The van der Waals surface area contributed by atoms with Crippen LogP contribution in [0.5, 0.6) is 0 Å². The van der Waals surface area contributed by atoms with Crippen LogP contribution in [0.2, 0.25) is 0 Å². The zero-order valence-corrected chi connectivity index (χ0v) is 40.7. The largest absolute Gasteiger partial charge is 0.469 e. The van der Waals surface area contributed by atoms with Crippen LogP contribution in [0, 0.1) is 29.6 Å². The van der Waals surface area contributed by atoms with Gasteiger partial charge in [-0.2, -0.15) is 0 Å². The third-order valence-corrected chi connectivity index (χ3v) is 10.1. The van der Waals surface area contributed by atoms with Gasteiger partial charge in [0.1, 0.15) is 5.60 Å². The SMILES string of the molecule is COC(=O)C[C@H](CC(C)C)NC(=O)C[C@H](C)NC(=O)C[C@H](NC(=O)[C@H](C)[C@H](C)NC(=O)C[C@H](CC(C)C)NC(=O)C[C@H](C)NC(=O)C[C@H](NC(=O)OC(C)(C)C)C(C)C)C(C)C. The van der Waals surface area contributed by atoms with E-state index in [1.165, 1.54) is 7.11 Å². The zero-order valence-electron chi connectivity index (χ0n) is 40.7. The highest BCUT2D eigenvalue weighted by Crippen LogP contribution is 2.15. The van der Waals surface area contributed by atoms with E-state index in [1.807, 2.05) is 55.4 Å². The molecule has 0 radical (unpaired) electrons. The van der Waals surface area contributed by atoms with Gasteiger partial charge in [-0.1, -0.05) is 62.3 Å². The number of nitrogens with one attached hydrogen (secondary N) is 7. The number of esters is 1. The monoisotopic (exact) mass is 882 g/mol. The smallest absolute Gasteiger partial charge is 0.407 e. The van der Waals surface area contributed by atoms with Crippen molar-refractivity contribution in [3.63, 3.8) is 0 Å². The first-order valence-electron chi connectivity index (χ1n) is 22.3. The van der Waals surface area contributed by atoms with Crippen molar-refractivity contribution in [2.24, 2.45) is 29.6 Å². The summed E-state index contributed by atoms with van der Waals surface area (Å²) in [6.07, 6.45) is 0.492. The van der Waals surface area contributed by atoms with Crippen LogP contribution >= 0.6 is 0 Å². The van der Waals surface area contributed by atoms with Gasteiger partial charge in [-0.15, -0.1) is 0 Å². The number of hydrogen-bond acceptors (Lipinski definition) is 10. The molecule has 0 aromatic rings. The zero-order chi connectivity index (χ0) is 48.1. The number of alkyl carbamates (subject to hydrolysis) is 1. The van der Waals surface area contributed by atoms with E-state index in [0.717, 1.165) is 0 Å². The lowest BCUT2D eigenvalue weighted by Gasteiger charge is -2.28. The van der Waals surface area contributed by atoms with Gasteiger partial charge < -0.3 is 46.7 Å². The highest BCUT2D eigenvalue weighted by Gasteiger charge is 2.29. The van der Waals surface area contributed by atoms with Gasteiger partial charge >= 0.3 is 12.1 Å². The minimum atomic E-state index is -0.684. The summed E-state index contributed by atoms with van der Waals surface area (Å²) in [4.78, 5) is 103. The highest BCUT2D eigenvalue weighted by atomic mass is 16.6. The van der Waals surface area contributed by atoms with Gasteiger partial charge in [0, 0.05) is 74.4 Å². The summed E-state index contributed by atoms with van der Waals surface area (Å²) in [5.41, 5.74) is -0.684. The van der Waals surface area contributed by atoms with Crippen LogP contribution in [0.3, 0.4) is 0 Å². The molecule has 0 saturated carbocycles. The number of amides is 7. The Kier molecular flexibility index (Phi) is 26.3. The third kappa shape index (κ3) is 26.8. The Morgan fingerprint density at radius 3 is 1.24 bits per heavy atom. The van der Waals surface area contributed by atoms with E-state index >= 15 is 0 Å². The molecule has 0 fully saturated rings. The summed E-state index contributed by atoms with van der Waals surface area (Å²) in [5, 5.41) is 20.1. The molecule has 0 unspecified atom stereocenters. The molecule has 17 nitrogen and oxygen atoms in total. The maximum atomic E-state index is 13.4. The Hall–Kier alpha value is -4.44. The fourth-order valence-electron chi connectivity index (χ4n) is 6.68. The molecule has 17 heteroatoms. The summed E-state index contributed by atoms with van der Waals surface area (Å²) in [7, 11) is 1.30. The molecule has 0 rings (SSSR count). The van der Waals surface area contributed by atoms with E-state index in [-0.39, 0.29) is 104 Å². The Balaban J connectivity index is 5.23. The van der Waals surface area contributed by atoms with E-state index in [9.17, 15) is 38.4 Å². The molecule has 0 saturated heterocycles. The van der Waals surface area contributed by atoms with E-state index in [4.69, 9.17) is 9.47 Å². The second-order valence-corrected chi connectivity index (χ2v) is 19.5. The van der Waals surface area contributed by atoms with Gasteiger partial charge in [0.25, 0.3) is 0 Å². The molecule has 0 aliphatic heterocycles. The number of ether oxygens (including phenoxy) is 2. The number of carbonyl (C=O) groups excluding carboxylic acids is 8. The summed E-state index contributed by atoms with van der Waals surface area (Å²) < 4.78 is 10.1. The predicted octanol–water partition coefficient (Wildman–Crippen LogP) is 4.40. The van der Waals surface area contributed by atoms with Crippen LogP contribution in [-0.4, -0.2) is 103 Å². The van der Waals surface area contributed by atoms with Crippen LogP contribution < -0.4 is 37.2 Å². The summed E-state index contributed by atoms with van der Waals surface area (Å²) in [6, 6.07) is -3.48. The van der Waals surface area contributed by atoms with Crippen molar-refractivity contribution in [2.75, 3.05) is 7.11 Å². The minimum absolute atomic E-state index is 0.00351. The Morgan fingerprint density at radius 2 is 0.855 bits per heavy atom. The summed E-state index contributed by atoms with van der Waals surface area (Å²) in [5.74, 6) is -2.84. The fraction of sp³-hybridized carbons (Fsp3) is 0.822. The highest BCUT2D eigenvalue weighted by molar-refractivity contribution is 5.84. The third-order valence-electron chi connectivity index (χ3n) is 10.1. The number of methoxy groups -OCH3 is 1. The minimum Gasteiger partial charge on any atom is -0.469 e. The lowest BCUT2D eigenvalue weighted by molar-refractivity contribution is -0.141. The van der Waals surface area contributed by atoms with E-state index in [1.54, 1.807) is 48.5 Å². The molecular weight excluding hydrogens is 799 g/mol. The topological polar surface area (TPSA) is 239 Å². The molecule has 62 heavy (non-hydrogen) atoms. The first-order chi connectivity index (χ1) is 28.5. The molecule has 0 aliphatic rings. The molecule has 0 aliphatic carbocycles. The van der Waals surface area contributed by atoms with Crippen molar-refractivity contribution < 1.29 is 47.8 Å². The average Bonchev–Trinajstić information content (AvgIpc) is 3.08. The van der Waals surface area contributed by atoms with Crippen molar-refractivity contribution in [1.82, 2.24) is 37.2 Å². The van der Waals surface area contributed by atoms with Crippen molar-refractivity contribution in [2.45, 2.75) is 203 Å². The molecular formula is C45H83N7O10. The van der Waals surface area contributed by atoms with Gasteiger partial charge in [0.2, 0.25) is 35.4 Å². The number of carbonyl (C=O) groups is 8. The maximum absolute atomic E-state index is 13.4. The van der Waals surface area contributed by atoms with Crippen molar-refractivity contribution >= 4 is 47.5 Å². The standard InChI is InChI=1S/C45H83N7O10/c1-25(2)17-33(49-37(53)19-29(9)47-41(57)24-36(28(7)8)52-44(60)62-45(13,14)15)21-39(55)48-32(12)31(11)43(59)51-35(27(5)6)23-40(56)46-30(10)20-38(54)50-34(18-26(3)4)22-42(58)61-16/h25-36H,17-24H2,1-16H3,(H,46,56)(H,47,57)(H,48,55)(H,49,53)(H,50,54)(H,51,59)(H,52,60)/t29-,30-,31+,32-,33-,34-,35-,36-/m0/s1. The lowest BCUT2D eigenvalue weighted by atomic mass is 9.96. The Morgan fingerprint density at radius 1 is 0.468 bits per heavy atom. The first kappa shape index (κ1) is 57.6. The predicted molar refractivity (Wildman–Crippen MR) is 239 cm³/mol. The molecule has 8 atom stereocenters. The molecule has 0 bridgehead atoms. The Bertz CT molecular complexity index is 1460. The molecule has 7 amide bonds. The normalized spacial score (nSPS) is 15.5. The average molecular weight is 882 g/mol. The van der Waals surface area contributed by atoms with E-state index < -0.39 is 59.8 Å². The quantitative estimate of drug-likeness (QED) is 0.0574. The summed E-state index contributed by atoms with van der Waals surface area (Å²) in [6.45, 7) is 27.6.